The lowest BCUT2D eigenvalue weighted by Gasteiger charge is -2.47. The Morgan fingerprint density at radius 3 is 2.18 bits per heavy atom. The van der Waals surface area contributed by atoms with Crippen LogP contribution in [-0.4, -0.2) is 36.3 Å². The number of hydrogen-bond donors (Lipinski definition) is 0. The summed E-state index contributed by atoms with van der Waals surface area (Å²) in [6.07, 6.45) is -6.15. The average Bonchev–Trinajstić information content (AvgIpc) is 3.33. The van der Waals surface area contributed by atoms with Gasteiger partial charge in [-0.2, -0.15) is 13.2 Å². The molecule has 5 rings (SSSR count). The van der Waals surface area contributed by atoms with E-state index in [9.17, 15) is 18.0 Å². The molecule has 0 amide bonds. The van der Waals surface area contributed by atoms with Gasteiger partial charge in [-0.25, -0.2) is 4.39 Å². The largest absolute Gasteiger partial charge is 0.444 e. The Hall–Kier alpha value is -3.14. The third kappa shape index (κ3) is 4.74. The van der Waals surface area contributed by atoms with E-state index in [1.807, 2.05) is 6.07 Å². The van der Waals surface area contributed by atoms with Crippen LogP contribution in [0.15, 0.2) is 78.0 Å². The number of alkyl halides is 4. The normalized spacial score (nSPS) is 21.7. The quantitative estimate of drug-likeness (QED) is 0.230. The van der Waals surface area contributed by atoms with Gasteiger partial charge in [-0.1, -0.05) is 83.0 Å². The molecule has 2 unspecified atom stereocenters. The number of ether oxygens (including phenoxy) is 1. The van der Waals surface area contributed by atoms with Crippen LogP contribution in [0.2, 0.25) is 10.0 Å². The predicted molar refractivity (Wildman–Crippen MR) is 134 cm³/mol. The Kier molecular flexibility index (Phi) is 6.87. The Morgan fingerprint density at radius 1 is 0.974 bits per heavy atom. The van der Waals surface area contributed by atoms with E-state index in [-0.39, 0.29) is 34.4 Å². The third-order valence-corrected chi connectivity index (χ3v) is 7.20. The first kappa shape index (κ1) is 26.5. The molecule has 38 heavy (non-hydrogen) atoms. The van der Waals surface area contributed by atoms with E-state index < -0.39 is 30.1 Å². The van der Waals surface area contributed by atoms with Gasteiger partial charge < -0.3 is 9.57 Å². The monoisotopic (exact) mass is 566 g/mol. The van der Waals surface area contributed by atoms with Crippen molar-refractivity contribution in [1.29, 1.82) is 0 Å². The Labute approximate surface area is 225 Å². The smallest absolute Gasteiger partial charge is 0.435 e. The molecule has 11 heteroatoms. The summed E-state index contributed by atoms with van der Waals surface area (Å²) in [7, 11) is 0. The van der Waals surface area contributed by atoms with Gasteiger partial charge in [-0.15, -0.1) is 0 Å². The van der Waals surface area contributed by atoms with Crippen molar-refractivity contribution >= 4 is 35.4 Å². The summed E-state index contributed by atoms with van der Waals surface area (Å²) >= 11 is 11.9. The van der Waals surface area contributed by atoms with E-state index >= 15 is 4.39 Å². The van der Waals surface area contributed by atoms with Gasteiger partial charge in [0.1, 0.15) is 0 Å². The fourth-order valence-electron chi connectivity index (χ4n) is 4.80. The number of halogens is 6. The summed E-state index contributed by atoms with van der Waals surface area (Å²) in [5.41, 5.74) is -3.27. The Morgan fingerprint density at radius 2 is 1.61 bits per heavy atom. The molecular weight excluding hydrogens is 547 g/mol. The number of benzene rings is 3. The van der Waals surface area contributed by atoms with Gasteiger partial charge in [-0.05, 0) is 29.3 Å². The predicted octanol–water partition coefficient (Wildman–Crippen LogP) is 6.93. The first-order valence-corrected chi connectivity index (χ1v) is 12.3. The Bertz CT molecular complexity index is 1340. The zero-order valence-electron chi connectivity index (χ0n) is 19.6. The minimum Gasteiger partial charge on any atom is -0.444 e. The number of rotatable bonds is 7. The van der Waals surface area contributed by atoms with Crippen LogP contribution < -0.4 is 0 Å². The maximum Gasteiger partial charge on any atom is 0.435 e. The molecule has 1 saturated heterocycles. The van der Waals surface area contributed by atoms with Crippen LogP contribution in [-0.2, 0) is 25.6 Å². The number of hydrogen-bond acceptors (Lipinski definition) is 5. The van der Waals surface area contributed by atoms with Crippen molar-refractivity contribution in [2.75, 3.05) is 13.1 Å². The molecule has 2 heterocycles. The summed E-state index contributed by atoms with van der Waals surface area (Å²) < 4.78 is 63.6. The fraction of sp³-hybridized carbons (Fsp3) is 0.259. The van der Waals surface area contributed by atoms with Crippen molar-refractivity contribution in [3.8, 4) is 0 Å². The summed E-state index contributed by atoms with van der Waals surface area (Å²) in [4.78, 5) is 17.7. The van der Waals surface area contributed by atoms with Crippen LogP contribution in [0.25, 0.3) is 0 Å². The molecule has 0 N–H and O–H groups in total. The van der Waals surface area contributed by atoms with Gasteiger partial charge in [0.25, 0.3) is 12.1 Å². The van der Waals surface area contributed by atoms with Crippen molar-refractivity contribution in [1.82, 2.24) is 4.90 Å². The van der Waals surface area contributed by atoms with Crippen LogP contribution in [0.5, 0.6) is 0 Å². The highest BCUT2D eigenvalue weighted by atomic mass is 35.5. The van der Waals surface area contributed by atoms with Gasteiger partial charge in [0.05, 0.1) is 5.71 Å². The topological polar surface area (TPSA) is 51.1 Å². The summed E-state index contributed by atoms with van der Waals surface area (Å²) in [5.74, 6) is 0. The van der Waals surface area contributed by atoms with Crippen molar-refractivity contribution in [3.05, 3.63) is 105 Å². The molecule has 0 radical (unpaired) electrons. The van der Waals surface area contributed by atoms with Gasteiger partial charge in [0, 0.05) is 40.7 Å². The fourth-order valence-corrected chi connectivity index (χ4v) is 5.32. The number of carbonyl (C=O) groups is 1. The number of nitrogens with zero attached hydrogens (tertiary/aromatic N) is 2. The second kappa shape index (κ2) is 9.87. The minimum atomic E-state index is -4.82. The van der Waals surface area contributed by atoms with Gasteiger partial charge in [0.15, 0.2) is 11.9 Å². The maximum absolute atomic E-state index is 15.7. The van der Waals surface area contributed by atoms with Crippen LogP contribution in [0, 0.1) is 0 Å². The molecular formula is C27H20Cl2F4N2O3. The van der Waals surface area contributed by atoms with E-state index in [1.54, 1.807) is 29.2 Å². The van der Waals surface area contributed by atoms with Crippen LogP contribution in [0.3, 0.4) is 0 Å². The Balaban J connectivity index is 1.32. The van der Waals surface area contributed by atoms with Crippen molar-refractivity contribution in [3.63, 3.8) is 0 Å². The molecule has 198 valence electrons. The van der Waals surface area contributed by atoms with Gasteiger partial charge in [-0.3, -0.25) is 9.69 Å². The SMILES string of the molecule is O=COC(c1ccccc1)N1CC(F)(c2ccc(C3=NOC(c4cc(Cl)cc(Cl)c4)(C(F)(F)F)C3)cc2)C1. The van der Waals surface area contributed by atoms with E-state index in [0.717, 1.165) is 12.1 Å². The summed E-state index contributed by atoms with van der Waals surface area (Å²) in [6.45, 7) is 0.264. The van der Waals surface area contributed by atoms with E-state index in [4.69, 9.17) is 32.8 Å². The van der Waals surface area contributed by atoms with E-state index in [2.05, 4.69) is 5.16 Å². The zero-order chi connectivity index (χ0) is 27.1. The highest BCUT2D eigenvalue weighted by Gasteiger charge is 2.62. The molecule has 0 spiro atoms. The first-order valence-electron chi connectivity index (χ1n) is 11.5. The number of oxime groups is 1. The lowest BCUT2D eigenvalue weighted by molar-refractivity contribution is -0.275. The standard InChI is InChI=1S/C27H20Cl2F4N2O3/c28-21-10-20(11-22(29)12-21)26(27(31,32)33)13-23(34-38-26)17-6-8-19(9-7-17)25(30)14-35(15-25)24(37-16-36)18-4-2-1-3-5-18/h1-12,16,24H,13-15H2. The second-order valence-corrected chi connectivity index (χ2v) is 10.1. The molecule has 3 aromatic carbocycles. The molecule has 1 fully saturated rings. The molecule has 0 aliphatic carbocycles. The number of likely N-dealkylation sites (tertiary alicyclic amines) is 1. The maximum atomic E-state index is 15.7. The third-order valence-electron chi connectivity index (χ3n) is 6.76. The molecule has 2 atom stereocenters. The second-order valence-electron chi connectivity index (χ2n) is 9.23. The molecule has 0 saturated carbocycles. The van der Waals surface area contributed by atoms with Gasteiger partial charge in [0.2, 0.25) is 0 Å². The minimum absolute atomic E-state index is 0.0312. The van der Waals surface area contributed by atoms with Gasteiger partial charge >= 0.3 is 6.18 Å². The molecule has 5 nitrogen and oxygen atoms in total. The van der Waals surface area contributed by atoms with Crippen LogP contribution >= 0.6 is 23.2 Å². The lowest BCUT2D eigenvalue weighted by Crippen LogP contribution is -2.58. The average molecular weight is 567 g/mol. The molecule has 3 aromatic rings. The van der Waals surface area contributed by atoms with Crippen LogP contribution in [0.4, 0.5) is 17.6 Å². The molecule has 2 aliphatic rings. The molecule has 0 aromatic heterocycles. The molecule has 2 aliphatic heterocycles. The zero-order valence-corrected chi connectivity index (χ0v) is 21.1. The summed E-state index contributed by atoms with van der Waals surface area (Å²) in [6, 6.07) is 18.6. The van der Waals surface area contributed by atoms with Crippen molar-refractivity contribution in [2.24, 2.45) is 5.16 Å². The first-order chi connectivity index (χ1) is 18.0. The van der Waals surface area contributed by atoms with Crippen LogP contribution in [0.1, 0.15) is 34.9 Å². The lowest BCUT2D eigenvalue weighted by atomic mass is 9.84. The van der Waals surface area contributed by atoms with E-state index in [0.29, 0.717) is 23.2 Å². The highest BCUT2D eigenvalue weighted by Crippen LogP contribution is 2.50. The summed E-state index contributed by atoms with van der Waals surface area (Å²) in [5, 5.41) is 3.81. The van der Waals surface area contributed by atoms with Crippen molar-refractivity contribution < 1.29 is 31.9 Å². The molecule has 0 bridgehead atoms. The highest BCUT2D eigenvalue weighted by molar-refractivity contribution is 6.34. The van der Waals surface area contributed by atoms with Crippen molar-refractivity contribution in [2.45, 2.75) is 30.1 Å². The number of carbonyl (C=O) groups excluding carboxylic acids is 1. The van der Waals surface area contributed by atoms with E-state index in [1.165, 1.54) is 30.3 Å².